The first-order valence-electron chi connectivity index (χ1n) is 11.0. The highest BCUT2D eigenvalue weighted by Gasteiger charge is 2.37. The number of nitro groups is 1. The fourth-order valence-electron chi connectivity index (χ4n) is 3.65. The molecule has 1 saturated heterocycles. The summed E-state index contributed by atoms with van der Waals surface area (Å²) < 4.78 is 49.9. The Balaban J connectivity index is 1.49. The molecule has 1 aliphatic rings. The number of imide groups is 1. The summed E-state index contributed by atoms with van der Waals surface area (Å²) >= 11 is 0.549. The van der Waals surface area contributed by atoms with Crippen molar-refractivity contribution in [1.29, 1.82) is 0 Å². The third-order valence-electron chi connectivity index (χ3n) is 5.57. The number of halogens is 3. The second kappa shape index (κ2) is 10.6. The van der Waals surface area contributed by atoms with Crippen LogP contribution in [0.15, 0.2) is 57.9 Å². The zero-order chi connectivity index (χ0) is 28.5. The van der Waals surface area contributed by atoms with Gasteiger partial charge in [-0.15, -0.1) is 0 Å². The van der Waals surface area contributed by atoms with Crippen molar-refractivity contribution < 1.29 is 41.6 Å². The minimum absolute atomic E-state index is 0.0435. The number of thioether (sulfide) groups is 1. The van der Waals surface area contributed by atoms with Crippen molar-refractivity contribution >= 4 is 46.3 Å². The Bertz CT molecular complexity index is 1530. The molecule has 1 N–H and O–H groups in total. The minimum Gasteiger partial charge on any atom is -0.495 e. The van der Waals surface area contributed by atoms with Gasteiger partial charge in [-0.3, -0.25) is 29.4 Å². The number of nitrogens with one attached hydrogen (secondary N) is 1. The molecule has 0 saturated carbocycles. The number of nitrogens with zero attached hydrogens (tertiary/aromatic N) is 2. The van der Waals surface area contributed by atoms with Crippen LogP contribution < -0.4 is 10.1 Å². The average molecular weight is 561 g/mol. The lowest BCUT2D eigenvalue weighted by atomic mass is 10.1. The number of rotatable bonds is 7. The third-order valence-corrected chi connectivity index (χ3v) is 6.48. The van der Waals surface area contributed by atoms with Gasteiger partial charge in [-0.25, -0.2) is 0 Å². The topological polar surface area (TPSA) is 132 Å². The average Bonchev–Trinajstić information content (AvgIpc) is 3.43. The van der Waals surface area contributed by atoms with Crippen LogP contribution in [0.4, 0.5) is 29.3 Å². The zero-order valence-corrected chi connectivity index (χ0v) is 21.0. The number of anilines is 1. The lowest BCUT2D eigenvalue weighted by Gasteiger charge is -2.16. The number of carbonyl (C=O) groups is 3. The van der Waals surface area contributed by atoms with E-state index in [4.69, 9.17) is 9.15 Å². The predicted octanol–water partition coefficient (Wildman–Crippen LogP) is 5.87. The Morgan fingerprint density at radius 2 is 1.92 bits per heavy atom. The molecule has 1 aromatic heterocycles. The molecule has 10 nitrogen and oxygen atoms in total. The number of benzene rings is 2. The fraction of sp³-hybridized carbons (Fsp3) is 0.160. The summed E-state index contributed by atoms with van der Waals surface area (Å²) in [6.45, 7) is 0.990. The van der Waals surface area contributed by atoms with Gasteiger partial charge in [0.25, 0.3) is 16.8 Å². The number of carbonyl (C=O) groups excluding carboxylic acids is 3. The van der Waals surface area contributed by atoms with Crippen LogP contribution in [0.5, 0.6) is 5.75 Å². The second-order valence-corrected chi connectivity index (χ2v) is 9.18. The van der Waals surface area contributed by atoms with E-state index in [0.29, 0.717) is 39.6 Å². The highest BCUT2D eigenvalue weighted by molar-refractivity contribution is 8.18. The van der Waals surface area contributed by atoms with Crippen molar-refractivity contribution in [1.82, 2.24) is 4.90 Å². The van der Waals surface area contributed by atoms with E-state index in [1.807, 2.05) is 0 Å². The number of non-ortho nitro benzene ring substituents is 1. The summed E-state index contributed by atoms with van der Waals surface area (Å²) in [6, 6.07) is 9.85. The monoisotopic (exact) mass is 561 g/mol. The van der Waals surface area contributed by atoms with Gasteiger partial charge in [-0.05, 0) is 54.6 Å². The molecule has 0 aliphatic carbocycles. The van der Waals surface area contributed by atoms with Crippen molar-refractivity contribution in [2.75, 3.05) is 19.0 Å². The van der Waals surface area contributed by atoms with Gasteiger partial charge in [0, 0.05) is 23.8 Å². The van der Waals surface area contributed by atoms with Crippen molar-refractivity contribution in [3.8, 4) is 17.1 Å². The molecule has 2 aromatic carbocycles. The zero-order valence-electron chi connectivity index (χ0n) is 20.2. The van der Waals surface area contributed by atoms with Crippen molar-refractivity contribution in [2.24, 2.45) is 0 Å². The maximum Gasteiger partial charge on any atom is 0.416 e. The molecule has 0 bridgehead atoms. The normalized spacial score (nSPS) is 14.7. The first-order valence-corrected chi connectivity index (χ1v) is 11.8. The Kier molecular flexibility index (Phi) is 7.49. The number of nitro benzene ring substituents is 1. The maximum absolute atomic E-state index is 13.1. The smallest absolute Gasteiger partial charge is 0.416 e. The molecular weight excluding hydrogens is 543 g/mol. The van der Waals surface area contributed by atoms with Gasteiger partial charge in [-0.2, -0.15) is 13.2 Å². The molecule has 0 radical (unpaired) electrons. The lowest BCUT2D eigenvalue weighted by molar-refractivity contribution is -0.384. The standard InChI is InChI=1S/C25H18F3N3O7S/c1-13-3-5-15(31(35)36)10-17(13)19-8-6-16(38-19)11-21-23(33)30(24(34)39-21)12-22(32)29-18-9-14(25(26,27)28)4-7-20(18)37-2/h3-11H,12H2,1-2H3,(H,29,32). The Labute approximate surface area is 222 Å². The van der Waals surface area contributed by atoms with Crippen molar-refractivity contribution in [3.63, 3.8) is 0 Å². The van der Waals surface area contributed by atoms with Gasteiger partial charge in [0.15, 0.2) is 0 Å². The molecule has 0 unspecified atom stereocenters. The highest BCUT2D eigenvalue weighted by atomic mass is 32.2. The summed E-state index contributed by atoms with van der Waals surface area (Å²) in [6.07, 6.45) is -3.38. The summed E-state index contributed by atoms with van der Waals surface area (Å²) in [4.78, 5) is 48.9. The van der Waals surface area contributed by atoms with Crippen LogP contribution in [0.25, 0.3) is 17.4 Å². The quantitative estimate of drug-likeness (QED) is 0.215. The van der Waals surface area contributed by atoms with E-state index < -0.39 is 40.3 Å². The highest BCUT2D eigenvalue weighted by Crippen LogP contribution is 2.36. The van der Waals surface area contributed by atoms with Crippen molar-refractivity contribution in [3.05, 3.63) is 80.4 Å². The fourth-order valence-corrected chi connectivity index (χ4v) is 4.46. The maximum atomic E-state index is 13.1. The van der Waals surface area contributed by atoms with Crippen molar-refractivity contribution in [2.45, 2.75) is 13.1 Å². The minimum atomic E-state index is -4.66. The van der Waals surface area contributed by atoms with E-state index >= 15 is 0 Å². The number of amides is 3. The van der Waals surface area contributed by atoms with Crippen LogP contribution in [0, 0.1) is 17.0 Å². The summed E-state index contributed by atoms with van der Waals surface area (Å²) in [7, 11) is 1.21. The summed E-state index contributed by atoms with van der Waals surface area (Å²) in [5, 5.41) is 12.6. The molecule has 14 heteroatoms. The van der Waals surface area contributed by atoms with E-state index in [2.05, 4.69) is 5.32 Å². The SMILES string of the molecule is COc1ccc(C(F)(F)F)cc1NC(=O)CN1C(=O)SC(=Cc2ccc(-c3cc([N+](=O)[O-])ccc3C)o2)C1=O. The second-order valence-electron chi connectivity index (χ2n) is 8.19. The largest absolute Gasteiger partial charge is 0.495 e. The van der Waals surface area contributed by atoms with Crippen LogP contribution in [-0.2, 0) is 15.8 Å². The van der Waals surface area contributed by atoms with E-state index in [-0.39, 0.29) is 27.8 Å². The van der Waals surface area contributed by atoms with Gasteiger partial charge in [0.05, 0.1) is 28.2 Å². The number of methoxy groups -OCH3 is 1. The van der Waals surface area contributed by atoms with Crippen LogP contribution in [-0.4, -0.2) is 40.5 Å². The van der Waals surface area contributed by atoms with Gasteiger partial charge in [0.2, 0.25) is 5.91 Å². The molecule has 4 rings (SSSR count). The number of ether oxygens (including phenoxy) is 1. The number of furan rings is 1. The molecule has 2 heterocycles. The van der Waals surface area contributed by atoms with Crippen LogP contribution >= 0.6 is 11.8 Å². The summed E-state index contributed by atoms with van der Waals surface area (Å²) in [5.41, 5.74) is -0.246. The van der Waals surface area contributed by atoms with E-state index in [9.17, 15) is 37.7 Å². The first-order chi connectivity index (χ1) is 18.4. The molecule has 39 heavy (non-hydrogen) atoms. The van der Waals surface area contributed by atoms with Gasteiger partial charge in [0.1, 0.15) is 23.8 Å². The molecule has 0 spiro atoms. The summed E-state index contributed by atoms with van der Waals surface area (Å²) in [5.74, 6) is -1.29. The number of hydrogen-bond donors (Lipinski definition) is 1. The van der Waals surface area contributed by atoms with Crippen LogP contribution in [0.2, 0.25) is 0 Å². The molecule has 3 aromatic rings. The Morgan fingerprint density at radius 1 is 1.18 bits per heavy atom. The molecule has 202 valence electrons. The van der Waals surface area contributed by atoms with Gasteiger partial charge in [-0.1, -0.05) is 6.07 Å². The van der Waals surface area contributed by atoms with E-state index in [1.165, 1.54) is 31.4 Å². The molecule has 0 atom stereocenters. The number of hydrogen-bond acceptors (Lipinski definition) is 8. The molecule has 1 fully saturated rings. The van der Waals surface area contributed by atoms with Crippen LogP contribution in [0.1, 0.15) is 16.9 Å². The van der Waals surface area contributed by atoms with E-state index in [1.54, 1.807) is 19.1 Å². The lowest BCUT2D eigenvalue weighted by Crippen LogP contribution is -2.36. The van der Waals surface area contributed by atoms with Gasteiger partial charge < -0.3 is 14.5 Å². The number of alkyl halides is 3. The Morgan fingerprint density at radius 3 is 2.59 bits per heavy atom. The number of aryl methyl sites for hydroxylation is 1. The first kappa shape index (κ1) is 27.4. The van der Waals surface area contributed by atoms with Crippen LogP contribution in [0.3, 0.4) is 0 Å². The van der Waals surface area contributed by atoms with Gasteiger partial charge >= 0.3 is 6.18 Å². The predicted molar refractivity (Wildman–Crippen MR) is 135 cm³/mol. The Hall–Kier alpha value is -4.59. The van der Waals surface area contributed by atoms with E-state index in [0.717, 1.165) is 12.1 Å². The third kappa shape index (κ3) is 5.95. The molecule has 3 amide bonds. The molecular formula is C25H18F3N3O7S. The molecule has 1 aliphatic heterocycles.